The van der Waals surface area contributed by atoms with Crippen LogP contribution in [0.25, 0.3) is 17.2 Å². The van der Waals surface area contributed by atoms with Crippen molar-refractivity contribution in [2.75, 3.05) is 41.3 Å². The number of ether oxygens (including phenoxy) is 1. The summed E-state index contributed by atoms with van der Waals surface area (Å²) in [5.74, 6) is 0.702. The van der Waals surface area contributed by atoms with E-state index in [0.717, 1.165) is 34.5 Å². The minimum Gasteiger partial charge on any atom is -0.492 e. The topological polar surface area (TPSA) is 32.8 Å². The number of carbonyl (C=O) groups excluding carboxylic acids is 1. The van der Waals surface area contributed by atoms with Crippen molar-refractivity contribution in [1.82, 2.24) is 9.80 Å². The summed E-state index contributed by atoms with van der Waals surface area (Å²) in [5, 5.41) is 0.683. The summed E-state index contributed by atoms with van der Waals surface area (Å²) in [4.78, 5) is 17.2. The maximum Gasteiger partial charge on any atom is 0.186 e. The summed E-state index contributed by atoms with van der Waals surface area (Å²) in [6.45, 7) is 2.06. The molecular weight excluding hydrogens is 432 g/mol. The van der Waals surface area contributed by atoms with Crippen LogP contribution in [0.3, 0.4) is 0 Å². The standard InChI is InChI=1S/C28H31ClN2O2/c1-30(2)17-18-33-28-16-14-21(24-10-7-8-12-26(24)29)19-22(28)13-15-27(32)25-11-6-5-9-23(25)20-31(3)4/h5-16,19H,17-18,20H2,1-4H3. The van der Waals surface area contributed by atoms with Crippen molar-refractivity contribution < 1.29 is 9.53 Å². The molecule has 0 radical (unpaired) electrons. The molecule has 0 fully saturated rings. The van der Waals surface area contributed by atoms with Gasteiger partial charge in [-0.1, -0.05) is 60.1 Å². The highest BCUT2D eigenvalue weighted by Gasteiger charge is 2.11. The lowest BCUT2D eigenvalue weighted by Gasteiger charge is -2.14. The average molecular weight is 463 g/mol. The third kappa shape index (κ3) is 7.03. The summed E-state index contributed by atoms with van der Waals surface area (Å²) in [6, 6.07) is 21.4. The molecule has 0 saturated heterocycles. The van der Waals surface area contributed by atoms with Crippen molar-refractivity contribution in [3.8, 4) is 16.9 Å². The Morgan fingerprint density at radius 2 is 1.67 bits per heavy atom. The van der Waals surface area contributed by atoms with Crippen LogP contribution in [0.2, 0.25) is 5.02 Å². The first-order valence-corrected chi connectivity index (χ1v) is 11.3. The van der Waals surface area contributed by atoms with Crippen LogP contribution in [0.1, 0.15) is 21.5 Å². The van der Waals surface area contributed by atoms with E-state index >= 15 is 0 Å². The third-order valence-electron chi connectivity index (χ3n) is 5.17. The van der Waals surface area contributed by atoms with Crippen LogP contribution in [-0.4, -0.2) is 56.9 Å². The zero-order chi connectivity index (χ0) is 23.8. The van der Waals surface area contributed by atoms with Gasteiger partial charge in [0.15, 0.2) is 5.78 Å². The molecule has 0 aliphatic rings. The van der Waals surface area contributed by atoms with Crippen LogP contribution in [-0.2, 0) is 6.54 Å². The fourth-order valence-electron chi connectivity index (χ4n) is 3.51. The van der Waals surface area contributed by atoms with Gasteiger partial charge in [-0.15, -0.1) is 0 Å². The normalized spacial score (nSPS) is 11.5. The second-order valence-electron chi connectivity index (χ2n) is 8.48. The van der Waals surface area contributed by atoms with Gasteiger partial charge in [0, 0.05) is 34.8 Å². The van der Waals surface area contributed by atoms with Crippen LogP contribution in [0, 0.1) is 0 Å². The van der Waals surface area contributed by atoms with Crippen LogP contribution in [0.15, 0.2) is 72.8 Å². The average Bonchev–Trinajstić information content (AvgIpc) is 2.78. The summed E-state index contributed by atoms with van der Waals surface area (Å²) < 4.78 is 6.04. The summed E-state index contributed by atoms with van der Waals surface area (Å²) in [6.07, 6.45) is 3.46. The number of hydrogen-bond donors (Lipinski definition) is 0. The SMILES string of the molecule is CN(C)CCOc1ccc(-c2ccccc2Cl)cc1C=CC(=O)c1ccccc1CN(C)C. The maximum atomic E-state index is 13.1. The maximum absolute atomic E-state index is 13.1. The zero-order valence-electron chi connectivity index (χ0n) is 19.7. The third-order valence-corrected chi connectivity index (χ3v) is 5.50. The predicted molar refractivity (Wildman–Crippen MR) is 138 cm³/mol. The first-order chi connectivity index (χ1) is 15.8. The molecule has 0 saturated carbocycles. The van der Waals surface area contributed by atoms with Gasteiger partial charge in [0.2, 0.25) is 0 Å². The monoisotopic (exact) mass is 462 g/mol. The summed E-state index contributed by atoms with van der Waals surface area (Å²) in [5.41, 5.74) is 4.46. The van der Waals surface area contributed by atoms with Crippen molar-refractivity contribution in [3.63, 3.8) is 0 Å². The molecule has 4 nitrogen and oxygen atoms in total. The van der Waals surface area contributed by atoms with E-state index < -0.39 is 0 Å². The Morgan fingerprint density at radius 3 is 2.39 bits per heavy atom. The molecule has 0 aliphatic carbocycles. The van der Waals surface area contributed by atoms with Crippen molar-refractivity contribution in [3.05, 3.63) is 94.5 Å². The fraction of sp³-hybridized carbons (Fsp3) is 0.250. The molecule has 33 heavy (non-hydrogen) atoms. The highest BCUT2D eigenvalue weighted by atomic mass is 35.5. The van der Waals surface area contributed by atoms with E-state index in [-0.39, 0.29) is 5.78 Å². The molecule has 0 aromatic heterocycles. The Bertz CT molecular complexity index is 1120. The number of likely N-dealkylation sites (N-methyl/N-ethyl adjacent to an activating group) is 1. The first-order valence-electron chi connectivity index (χ1n) is 11.0. The molecule has 3 aromatic carbocycles. The second kappa shape index (κ2) is 11.8. The quantitative estimate of drug-likeness (QED) is 0.277. The van der Waals surface area contributed by atoms with Crippen LogP contribution in [0.5, 0.6) is 5.75 Å². The molecule has 0 aliphatic heterocycles. The molecule has 0 amide bonds. The van der Waals surface area contributed by atoms with Gasteiger partial charge in [0.05, 0.1) is 0 Å². The van der Waals surface area contributed by atoms with Gasteiger partial charge in [0.1, 0.15) is 12.4 Å². The number of halogens is 1. The van der Waals surface area contributed by atoms with Crippen molar-refractivity contribution in [2.45, 2.75) is 6.54 Å². The van der Waals surface area contributed by atoms with Crippen molar-refractivity contribution in [2.24, 2.45) is 0 Å². The number of hydrogen-bond acceptors (Lipinski definition) is 4. The van der Waals surface area contributed by atoms with Gasteiger partial charge in [-0.2, -0.15) is 0 Å². The molecule has 0 unspecified atom stereocenters. The van der Waals surface area contributed by atoms with E-state index in [1.54, 1.807) is 6.08 Å². The van der Waals surface area contributed by atoms with Gasteiger partial charge in [0.25, 0.3) is 0 Å². The first kappa shape index (κ1) is 24.7. The van der Waals surface area contributed by atoms with Crippen molar-refractivity contribution >= 4 is 23.5 Å². The van der Waals surface area contributed by atoms with E-state index in [1.165, 1.54) is 0 Å². The fourth-order valence-corrected chi connectivity index (χ4v) is 3.75. The predicted octanol–water partition coefficient (Wildman–Crippen LogP) is 5.91. The lowest BCUT2D eigenvalue weighted by atomic mass is 10.00. The molecule has 3 aromatic rings. The number of benzene rings is 3. The van der Waals surface area contributed by atoms with Gasteiger partial charge in [-0.05, 0) is 69.7 Å². The number of ketones is 1. The summed E-state index contributed by atoms with van der Waals surface area (Å²) >= 11 is 6.42. The van der Waals surface area contributed by atoms with E-state index in [4.69, 9.17) is 16.3 Å². The number of rotatable bonds is 10. The minimum absolute atomic E-state index is 0.0326. The molecule has 0 heterocycles. The Balaban J connectivity index is 1.93. The van der Waals surface area contributed by atoms with Gasteiger partial charge >= 0.3 is 0 Å². The Morgan fingerprint density at radius 1 is 0.939 bits per heavy atom. The van der Waals surface area contributed by atoms with Gasteiger partial charge in [-0.3, -0.25) is 4.79 Å². The molecule has 172 valence electrons. The van der Waals surface area contributed by atoms with Crippen LogP contribution < -0.4 is 4.74 Å². The summed E-state index contributed by atoms with van der Waals surface area (Å²) in [7, 11) is 8.01. The smallest absolute Gasteiger partial charge is 0.186 e. The Kier molecular flexibility index (Phi) is 8.84. The highest BCUT2D eigenvalue weighted by molar-refractivity contribution is 6.33. The van der Waals surface area contributed by atoms with Crippen molar-refractivity contribution in [1.29, 1.82) is 0 Å². The van der Waals surface area contributed by atoms with Crippen LogP contribution >= 0.6 is 11.6 Å². The molecule has 0 atom stereocenters. The lowest BCUT2D eigenvalue weighted by molar-refractivity contribution is 0.104. The molecule has 0 spiro atoms. The second-order valence-corrected chi connectivity index (χ2v) is 8.88. The largest absolute Gasteiger partial charge is 0.492 e. The highest BCUT2D eigenvalue weighted by Crippen LogP contribution is 2.32. The van der Waals surface area contributed by atoms with Crippen LogP contribution in [0.4, 0.5) is 0 Å². The molecular formula is C28H31ClN2O2. The molecule has 0 bridgehead atoms. The molecule has 3 rings (SSSR count). The van der Waals surface area contributed by atoms with E-state index in [1.807, 2.05) is 101 Å². The van der Waals surface area contributed by atoms with E-state index in [9.17, 15) is 4.79 Å². The van der Waals surface area contributed by atoms with Gasteiger partial charge < -0.3 is 14.5 Å². The zero-order valence-corrected chi connectivity index (χ0v) is 20.5. The van der Waals surface area contributed by atoms with Gasteiger partial charge in [-0.25, -0.2) is 0 Å². The number of nitrogens with zero attached hydrogens (tertiary/aromatic N) is 2. The Labute approximate surface area is 202 Å². The number of carbonyl (C=O) groups is 1. The lowest BCUT2D eigenvalue weighted by Crippen LogP contribution is -2.19. The van der Waals surface area contributed by atoms with E-state index in [0.29, 0.717) is 23.7 Å². The van der Waals surface area contributed by atoms with E-state index in [2.05, 4.69) is 9.80 Å². The Hall–Kier alpha value is -2.92. The molecule has 5 heteroatoms. The number of allylic oxidation sites excluding steroid dienone is 1. The molecule has 0 N–H and O–H groups in total. The minimum atomic E-state index is -0.0326.